The van der Waals surface area contributed by atoms with E-state index in [0.717, 1.165) is 28.2 Å². The molecular weight excluding hydrogens is 535 g/mol. The van der Waals surface area contributed by atoms with E-state index in [1.165, 1.54) is 12.1 Å². The molecule has 6 aromatic rings. The van der Waals surface area contributed by atoms with Gasteiger partial charge >= 0.3 is 5.97 Å². The van der Waals surface area contributed by atoms with Crippen LogP contribution in [0.5, 0.6) is 5.88 Å². The molecule has 6 rings (SSSR count). The van der Waals surface area contributed by atoms with Crippen LogP contribution in [0, 0.1) is 17.1 Å². The first-order chi connectivity index (χ1) is 20.5. The summed E-state index contributed by atoms with van der Waals surface area (Å²) in [6.45, 7) is 0.406. The lowest BCUT2D eigenvalue weighted by Gasteiger charge is -2.10. The average molecular weight is 559 g/mol. The zero-order valence-corrected chi connectivity index (χ0v) is 22.2. The van der Waals surface area contributed by atoms with Crippen LogP contribution in [0.2, 0.25) is 0 Å². The molecule has 0 saturated carbocycles. The lowest BCUT2D eigenvalue weighted by molar-refractivity contribution is 0.0697. The number of ether oxygens (including phenoxy) is 1. The highest BCUT2D eigenvalue weighted by molar-refractivity contribution is 5.92. The molecule has 9 heteroatoms. The number of carboxylic acids is 1. The molecule has 3 heterocycles. The molecule has 0 unspecified atom stereocenters. The number of nitriles is 1. The molecule has 0 fully saturated rings. The molecule has 0 amide bonds. The quantitative estimate of drug-likeness (QED) is 0.212. The number of carboxylic acid groups (broad SMARTS) is 1. The van der Waals surface area contributed by atoms with Gasteiger partial charge in [0.15, 0.2) is 0 Å². The van der Waals surface area contributed by atoms with Crippen molar-refractivity contribution in [1.82, 2.24) is 14.5 Å². The Morgan fingerprint density at radius 1 is 1.00 bits per heavy atom. The van der Waals surface area contributed by atoms with Crippen LogP contribution in [0.1, 0.15) is 38.6 Å². The van der Waals surface area contributed by atoms with E-state index < -0.39 is 11.8 Å². The van der Waals surface area contributed by atoms with Crippen LogP contribution in [0.4, 0.5) is 4.39 Å². The van der Waals surface area contributed by atoms with E-state index in [-0.39, 0.29) is 17.7 Å². The highest BCUT2D eigenvalue weighted by Crippen LogP contribution is 2.25. The topological polar surface area (TPSA) is 114 Å². The third kappa shape index (κ3) is 5.60. The summed E-state index contributed by atoms with van der Waals surface area (Å²) in [6, 6.07) is 28.1. The normalized spacial score (nSPS) is 11.0. The molecular formula is C33H23FN4O4. The number of imidazole rings is 1. The number of carbonyl (C=O) groups is 1. The molecule has 0 bridgehead atoms. The molecule has 206 valence electrons. The fraction of sp³-hybridized carbons (Fsp3) is 0.0909. The number of pyridine rings is 1. The molecule has 0 atom stereocenters. The molecule has 3 aromatic carbocycles. The zero-order chi connectivity index (χ0) is 29.1. The van der Waals surface area contributed by atoms with E-state index in [1.54, 1.807) is 36.6 Å². The molecule has 0 radical (unpaired) electrons. The smallest absolute Gasteiger partial charge is 0.335 e. The molecule has 1 N–H and O–H groups in total. The number of aromatic carboxylic acids is 1. The second kappa shape index (κ2) is 11.4. The van der Waals surface area contributed by atoms with Gasteiger partial charge in [-0.25, -0.2) is 19.2 Å². The van der Waals surface area contributed by atoms with Crippen LogP contribution in [-0.2, 0) is 19.6 Å². The van der Waals surface area contributed by atoms with E-state index >= 15 is 0 Å². The third-order valence-corrected chi connectivity index (χ3v) is 6.86. The summed E-state index contributed by atoms with van der Waals surface area (Å²) in [7, 11) is 0. The molecule has 0 aliphatic carbocycles. The van der Waals surface area contributed by atoms with Crippen molar-refractivity contribution in [1.29, 1.82) is 5.26 Å². The Morgan fingerprint density at radius 2 is 1.86 bits per heavy atom. The summed E-state index contributed by atoms with van der Waals surface area (Å²) in [4.78, 5) is 21.0. The summed E-state index contributed by atoms with van der Waals surface area (Å²) >= 11 is 0. The summed E-state index contributed by atoms with van der Waals surface area (Å²) in [5, 5.41) is 18.4. The Bertz CT molecular complexity index is 1940. The molecule has 0 aliphatic heterocycles. The number of fused-ring (bicyclic) bond motifs is 1. The lowest BCUT2D eigenvalue weighted by Crippen LogP contribution is -2.06. The van der Waals surface area contributed by atoms with Gasteiger partial charge in [0.25, 0.3) is 0 Å². The van der Waals surface area contributed by atoms with Gasteiger partial charge in [-0.1, -0.05) is 36.4 Å². The van der Waals surface area contributed by atoms with Crippen LogP contribution < -0.4 is 4.74 Å². The molecule has 42 heavy (non-hydrogen) atoms. The highest BCUT2D eigenvalue weighted by atomic mass is 19.1. The van der Waals surface area contributed by atoms with Crippen LogP contribution in [0.3, 0.4) is 0 Å². The number of nitrogens with zero attached hydrogens (tertiary/aromatic N) is 4. The predicted octanol–water partition coefficient (Wildman–Crippen LogP) is 6.62. The van der Waals surface area contributed by atoms with Crippen LogP contribution in [0.25, 0.3) is 22.3 Å². The fourth-order valence-electron chi connectivity index (χ4n) is 4.69. The van der Waals surface area contributed by atoms with Crippen LogP contribution in [0.15, 0.2) is 102 Å². The molecule has 3 aromatic heterocycles. The summed E-state index contributed by atoms with van der Waals surface area (Å²) < 4.78 is 27.5. The monoisotopic (exact) mass is 558 g/mol. The number of rotatable bonds is 9. The van der Waals surface area contributed by atoms with Crippen LogP contribution in [-0.4, -0.2) is 25.6 Å². The van der Waals surface area contributed by atoms with Gasteiger partial charge in [-0.05, 0) is 54.1 Å². The standard InChI is InChI=1S/C33H23FN4O4/c34-27-15-22(18-35)8-11-25(27)20-42-32-5-1-4-28(37-32)23-9-6-21(7-10-23)16-31-36-29-13-12-24(33(39)40)17-30(29)38(31)19-26-3-2-14-41-26/h1-15,17H,16,19-20H2,(H,39,40). The maximum absolute atomic E-state index is 14.2. The Hall–Kier alpha value is -5.75. The van der Waals surface area contributed by atoms with E-state index in [0.29, 0.717) is 35.6 Å². The maximum Gasteiger partial charge on any atom is 0.335 e. The number of aromatic nitrogens is 3. The van der Waals surface area contributed by atoms with Gasteiger partial charge < -0.3 is 18.8 Å². The van der Waals surface area contributed by atoms with Gasteiger partial charge in [0.1, 0.15) is 24.0 Å². The third-order valence-electron chi connectivity index (χ3n) is 6.86. The zero-order valence-electron chi connectivity index (χ0n) is 22.2. The van der Waals surface area contributed by atoms with Gasteiger partial charge in [0.05, 0.1) is 46.7 Å². The van der Waals surface area contributed by atoms with Gasteiger partial charge in [-0.2, -0.15) is 5.26 Å². The summed E-state index contributed by atoms with van der Waals surface area (Å²) in [5.74, 6) is 0.375. The molecule has 0 spiro atoms. The second-order valence-electron chi connectivity index (χ2n) is 9.64. The Kier molecular flexibility index (Phi) is 7.18. The number of hydrogen-bond acceptors (Lipinski definition) is 6. The van der Waals surface area contributed by atoms with Gasteiger partial charge in [-0.15, -0.1) is 0 Å². The van der Waals surface area contributed by atoms with Crippen molar-refractivity contribution < 1.29 is 23.4 Å². The summed E-state index contributed by atoms with van der Waals surface area (Å²) in [5.41, 5.74) is 4.80. The van der Waals surface area contributed by atoms with Crippen molar-refractivity contribution in [3.8, 4) is 23.2 Å². The highest BCUT2D eigenvalue weighted by Gasteiger charge is 2.16. The minimum atomic E-state index is -0.996. The SMILES string of the molecule is N#Cc1ccc(COc2cccc(-c3ccc(Cc4nc5ccc(C(=O)O)cc5n4Cc4ccco4)cc3)n2)c(F)c1. The van der Waals surface area contributed by atoms with Crippen molar-refractivity contribution in [3.05, 3.63) is 137 Å². The van der Waals surface area contributed by atoms with E-state index in [2.05, 4.69) is 4.98 Å². The molecule has 8 nitrogen and oxygen atoms in total. The van der Waals surface area contributed by atoms with Crippen LogP contribution >= 0.6 is 0 Å². The molecule has 0 aliphatic rings. The van der Waals surface area contributed by atoms with Crippen molar-refractivity contribution in [2.45, 2.75) is 19.6 Å². The average Bonchev–Trinajstić information content (AvgIpc) is 3.65. The van der Waals surface area contributed by atoms with Gasteiger partial charge in [0, 0.05) is 23.6 Å². The first-order valence-electron chi connectivity index (χ1n) is 13.1. The minimum Gasteiger partial charge on any atom is -0.478 e. The molecule has 0 saturated heterocycles. The largest absolute Gasteiger partial charge is 0.478 e. The number of benzene rings is 3. The Labute approximate surface area is 239 Å². The van der Waals surface area contributed by atoms with Crippen molar-refractivity contribution in [3.63, 3.8) is 0 Å². The summed E-state index contributed by atoms with van der Waals surface area (Å²) in [6.07, 6.45) is 2.12. The van der Waals surface area contributed by atoms with Gasteiger partial charge in [-0.3, -0.25) is 0 Å². The van der Waals surface area contributed by atoms with Crippen molar-refractivity contribution in [2.24, 2.45) is 0 Å². The van der Waals surface area contributed by atoms with Crippen molar-refractivity contribution >= 4 is 17.0 Å². The maximum atomic E-state index is 14.2. The van der Waals surface area contributed by atoms with Gasteiger partial charge in [0.2, 0.25) is 5.88 Å². The number of furan rings is 1. The van der Waals surface area contributed by atoms with Crippen molar-refractivity contribution in [2.75, 3.05) is 0 Å². The minimum absolute atomic E-state index is 0.0140. The Balaban J connectivity index is 1.21. The predicted molar refractivity (Wildman–Crippen MR) is 152 cm³/mol. The van der Waals surface area contributed by atoms with E-state index in [1.807, 2.05) is 59.2 Å². The first-order valence-corrected chi connectivity index (χ1v) is 13.1. The number of halogens is 1. The number of hydrogen-bond donors (Lipinski definition) is 1. The Morgan fingerprint density at radius 3 is 2.60 bits per heavy atom. The van der Waals surface area contributed by atoms with E-state index in [4.69, 9.17) is 19.4 Å². The lowest BCUT2D eigenvalue weighted by atomic mass is 10.1. The second-order valence-corrected chi connectivity index (χ2v) is 9.64. The first kappa shape index (κ1) is 26.5. The fourth-order valence-corrected chi connectivity index (χ4v) is 4.69. The van der Waals surface area contributed by atoms with E-state index in [9.17, 15) is 14.3 Å².